The zero-order valence-electron chi connectivity index (χ0n) is 11.6. The number of carbonyl (C=O) groups is 1. The van der Waals surface area contributed by atoms with Gasteiger partial charge in [-0.25, -0.2) is 8.78 Å². The molecule has 2 N–H and O–H groups in total. The van der Waals surface area contributed by atoms with Crippen molar-refractivity contribution in [3.63, 3.8) is 0 Å². The van der Waals surface area contributed by atoms with E-state index in [1.165, 1.54) is 4.90 Å². The van der Waals surface area contributed by atoms with Crippen LogP contribution >= 0.6 is 28.3 Å². The quantitative estimate of drug-likeness (QED) is 0.851. The minimum atomic E-state index is -0.837. The van der Waals surface area contributed by atoms with Gasteiger partial charge < -0.3 is 10.6 Å². The third-order valence-corrected chi connectivity index (χ3v) is 4.25. The van der Waals surface area contributed by atoms with Crippen LogP contribution in [0.5, 0.6) is 0 Å². The lowest BCUT2D eigenvalue weighted by Crippen LogP contribution is -2.43. The van der Waals surface area contributed by atoms with E-state index in [0.29, 0.717) is 19.0 Å². The molecule has 21 heavy (non-hydrogen) atoms. The molecular weight excluding hydrogens is 366 g/mol. The summed E-state index contributed by atoms with van der Waals surface area (Å²) in [7, 11) is 0. The average molecular weight is 384 g/mol. The van der Waals surface area contributed by atoms with Crippen LogP contribution in [-0.4, -0.2) is 29.9 Å². The van der Waals surface area contributed by atoms with Crippen LogP contribution in [0.2, 0.25) is 0 Å². The Morgan fingerprint density at radius 2 is 1.81 bits per heavy atom. The Balaban J connectivity index is 0.00000220. The molecule has 0 saturated carbocycles. The molecule has 1 heterocycles. The van der Waals surface area contributed by atoms with E-state index in [0.717, 1.165) is 25.0 Å². The van der Waals surface area contributed by atoms with Gasteiger partial charge in [-0.3, -0.25) is 4.79 Å². The third kappa shape index (κ3) is 4.14. The van der Waals surface area contributed by atoms with Crippen molar-refractivity contribution in [2.45, 2.75) is 25.8 Å². The molecule has 1 aromatic rings. The number of piperidine rings is 1. The van der Waals surface area contributed by atoms with E-state index >= 15 is 0 Å². The van der Waals surface area contributed by atoms with Crippen molar-refractivity contribution in [3.05, 3.63) is 33.8 Å². The Morgan fingerprint density at radius 1 is 1.33 bits per heavy atom. The van der Waals surface area contributed by atoms with Crippen molar-refractivity contribution in [1.29, 1.82) is 0 Å². The number of rotatable bonds is 2. The van der Waals surface area contributed by atoms with Gasteiger partial charge in [0.2, 0.25) is 0 Å². The third-order valence-electron chi connectivity index (χ3n) is 3.79. The topological polar surface area (TPSA) is 46.3 Å². The maximum Gasteiger partial charge on any atom is 0.259 e. The van der Waals surface area contributed by atoms with Crippen molar-refractivity contribution >= 4 is 34.2 Å². The molecule has 0 spiro atoms. The molecule has 118 valence electrons. The lowest BCUT2D eigenvalue weighted by molar-refractivity contribution is 0.0671. The lowest BCUT2D eigenvalue weighted by Gasteiger charge is -2.33. The van der Waals surface area contributed by atoms with E-state index < -0.39 is 23.1 Å². The molecule has 0 aliphatic carbocycles. The first-order chi connectivity index (χ1) is 9.40. The molecule has 7 heteroatoms. The highest BCUT2D eigenvalue weighted by Gasteiger charge is 2.28. The number of likely N-dealkylation sites (tertiary alicyclic amines) is 1. The van der Waals surface area contributed by atoms with Crippen LogP contribution in [0.4, 0.5) is 8.78 Å². The number of hydrogen-bond acceptors (Lipinski definition) is 2. The Kier molecular flexibility index (Phi) is 6.56. The molecule has 1 saturated heterocycles. The number of hydrogen-bond donors (Lipinski definition) is 1. The Labute approximate surface area is 137 Å². The second-order valence-corrected chi connectivity index (χ2v) is 6.15. The molecule has 1 aliphatic heterocycles. The van der Waals surface area contributed by atoms with Gasteiger partial charge in [-0.1, -0.05) is 15.9 Å². The fourth-order valence-corrected chi connectivity index (χ4v) is 2.93. The summed E-state index contributed by atoms with van der Waals surface area (Å²) in [5.41, 5.74) is 5.36. The van der Waals surface area contributed by atoms with Crippen LogP contribution < -0.4 is 5.73 Å². The van der Waals surface area contributed by atoms with E-state index in [1.54, 1.807) is 0 Å². The fourth-order valence-electron chi connectivity index (χ4n) is 2.53. The molecule has 1 aliphatic rings. The normalized spacial score (nSPS) is 17.3. The van der Waals surface area contributed by atoms with Crippen molar-refractivity contribution in [2.24, 2.45) is 11.7 Å². The molecule has 0 radical (unpaired) electrons. The summed E-state index contributed by atoms with van der Waals surface area (Å²) >= 11 is 3.00. The van der Waals surface area contributed by atoms with Gasteiger partial charge in [0.15, 0.2) is 0 Å². The number of halogens is 4. The Morgan fingerprint density at radius 3 is 2.24 bits per heavy atom. The number of nitrogens with two attached hydrogens (primary N) is 1. The zero-order chi connectivity index (χ0) is 14.9. The van der Waals surface area contributed by atoms with Crippen LogP contribution in [0.15, 0.2) is 16.6 Å². The number of nitrogens with zero attached hydrogens (tertiary/aromatic N) is 1. The molecule has 1 unspecified atom stereocenters. The van der Waals surface area contributed by atoms with Crippen molar-refractivity contribution < 1.29 is 13.6 Å². The van der Waals surface area contributed by atoms with Gasteiger partial charge in [0.25, 0.3) is 5.91 Å². The molecule has 0 aromatic heterocycles. The summed E-state index contributed by atoms with van der Waals surface area (Å²) in [4.78, 5) is 13.7. The van der Waals surface area contributed by atoms with E-state index in [-0.39, 0.29) is 22.9 Å². The second kappa shape index (κ2) is 7.51. The minimum Gasteiger partial charge on any atom is -0.338 e. The van der Waals surface area contributed by atoms with Gasteiger partial charge in [0.1, 0.15) is 17.2 Å². The average Bonchev–Trinajstić information content (AvgIpc) is 2.37. The first-order valence-electron chi connectivity index (χ1n) is 6.59. The van der Waals surface area contributed by atoms with Crippen molar-refractivity contribution in [2.75, 3.05) is 13.1 Å². The van der Waals surface area contributed by atoms with Gasteiger partial charge in [0, 0.05) is 23.6 Å². The van der Waals surface area contributed by atoms with Crippen molar-refractivity contribution in [1.82, 2.24) is 4.90 Å². The van der Waals surface area contributed by atoms with E-state index in [2.05, 4.69) is 15.9 Å². The summed E-state index contributed by atoms with van der Waals surface area (Å²) < 4.78 is 27.8. The molecule has 1 aromatic carbocycles. The number of benzene rings is 1. The summed E-state index contributed by atoms with van der Waals surface area (Å²) in [5, 5.41) is 0. The van der Waals surface area contributed by atoms with Gasteiger partial charge in [-0.05, 0) is 37.8 Å². The lowest BCUT2D eigenvalue weighted by atomic mass is 9.90. The fraction of sp³-hybridized carbons (Fsp3) is 0.500. The highest BCUT2D eigenvalue weighted by atomic mass is 79.9. The summed E-state index contributed by atoms with van der Waals surface area (Å²) in [6, 6.07) is 2.28. The Hall–Kier alpha value is -0.720. The molecule has 0 bridgehead atoms. The van der Waals surface area contributed by atoms with Crippen molar-refractivity contribution in [3.8, 4) is 0 Å². The minimum absolute atomic E-state index is 0. The standard InChI is InChI=1S/C14H17BrF2N2O.ClH/c1-8(18)9-2-4-19(5-3-9)14(20)13-11(16)6-10(15)7-12(13)17;/h6-9H,2-5,18H2,1H3;1H. The predicted molar refractivity (Wildman–Crippen MR) is 83.6 cm³/mol. The molecule has 3 nitrogen and oxygen atoms in total. The van der Waals surface area contributed by atoms with Crippen LogP contribution in [0, 0.1) is 17.6 Å². The highest BCUT2D eigenvalue weighted by molar-refractivity contribution is 9.10. The number of amides is 1. The molecule has 1 fully saturated rings. The summed E-state index contributed by atoms with van der Waals surface area (Å²) in [5.74, 6) is -1.90. The molecule has 1 amide bonds. The SMILES string of the molecule is CC(N)C1CCN(C(=O)c2c(F)cc(Br)cc2F)CC1.Cl. The first kappa shape index (κ1) is 18.3. The highest BCUT2D eigenvalue weighted by Crippen LogP contribution is 2.24. The van der Waals surface area contributed by atoms with Gasteiger partial charge in [-0.2, -0.15) is 0 Å². The van der Waals surface area contributed by atoms with Crippen LogP contribution in [0.1, 0.15) is 30.1 Å². The van der Waals surface area contributed by atoms with E-state index in [9.17, 15) is 13.6 Å². The smallest absolute Gasteiger partial charge is 0.259 e. The molecular formula is C14H18BrClF2N2O. The van der Waals surface area contributed by atoms with Crippen LogP contribution in [-0.2, 0) is 0 Å². The Bertz CT molecular complexity index is 497. The van der Waals surface area contributed by atoms with E-state index in [4.69, 9.17) is 5.73 Å². The monoisotopic (exact) mass is 382 g/mol. The maximum atomic E-state index is 13.8. The largest absolute Gasteiger partial charge is 0.338 e. The van der Waals surface area contributed by atoms with Crippen LogP contribution in [0.25, 0.3) is 0 Å². The molecule has 2 rings (SSSR count). The van der Waals surface area contributed by atoms with Gasteiger partial charge >= 0.3 is 0 Å². The first-order valence-corrected chi connectivity index (χ1v) is 7.39. The van der Waals surface area contributed by atoms with Crippen LogP contribution in [0.3, 0.4) is 0 Å². The summed E-state index contributed by atoms with van der Waals surface area (Å²) in [6.07, 6.45) is 1.53. The van der Waals surface area contributed by atoms with E-state index in [1.807, 2.05) is 6.92 Å². The molecule has 1 atom stereocenters. The maximum absolute atomic E-state index is 13.8. The predicted octanol–water partition coefficient (Wildman–Crippen LogP) is 3.35. The van der Waals surface area contributed by atoms with Gasteiger partial charge in [0.05, 0.1) is 0 Å². The second-order valence-electron chi connectivity index (χ2n) is 5.23. The van der Waals surface area contributed by atoms with Gasteiger partial charge in [-0.15, -0.1) is 12.4 Å². The summed E-state index contributed by atoms with van der Waals surface area (Å²) in [6.45, 7) is 2.91. The zero-order valence-corrected chi connectivity index (χ0v) is 14.0. The number of carbonyl (C=O) groups excluding carboxylic acids is 1.